The number of quaternary nitrogens is 1. The number of carboxylic acid groups (broad SMARTS) is 1. The maximum absolute atomic E-state index is 12.9. The molecule has 0 spiro atoms. The number of unbranched alkanes of at least 4 members (excludes halogenated alkanes) is 25. The largest absolute Gasteiger partial charge is 0.477 e. The topological polar surface area (TPSA) is 108 Å². The normalized spacial score (nSPS) is 13.5. The number of allylic oxidation sites excluding steroid dienone is 18. The minimum absolute atomic E-state index is 0.177. The molecule has 0 aromatic rings. The highest BCUT2D eigenvalue weighted by atomic mass is 16.7. The lowest BCUT2D eigenvalue weighted by atomic mass is 10.0. The number of esters is 2. The molecule has 0 aromatic carbocycles. The Balaban J connectivity index is 4.21. The van der Waals surface area contributed by atoms with Gasteiger partial charge in [0.1, 0.15) is 13.2 Å². The Labute approximate surface area is 485 Å². The highest BCUT2D eigenvalue weighted by Gasteiger charge is 2.25. The lowest BCUT2D eigenvalue weighted by molar-refractivity contribution is -0.870. The van der Waals surface area contributed by atoms with E-state index in [1.54, 1.807) is 0 Å². The van der Waals surface area contributed by atoms with Crippen molar-refractivity contribution >= 4 is 17.9 Å². The summed E-state index contributed by atoms with van der Waals surface area (Å²) in [6.07, 6.45) is 80.4. The average molecular weight is 1100 g/mol. The Kier molecular flexibility index (Phi) is 57.0. The van der Waals surface area contributed by atoms with Gasteiger partial charge in [0.05, 0.1) is 34.4 Å². The minimum Gasteiger partial charge on any atom is -0.477 e. The summed E-state index contributed by atoms with van der Waals surface area (Å²) in [5.41, 5.74) is 0. The van der Waals surface area contributed by atoms with Crippen molar-refractivity contribution in [3.05, 3.63) is 109 Å². The predicted molar refractivity (Wildman–Crippen MR) is 336 cm³/mol. The summed E-state index contributed by atoms with van der Waals surface area (Å²) in [5.74, 6) is -2.04. The highest BCUT2D eigenvalue weighted by Crippen LogP contribution is 2.16. The summed E-state index contributed by atoms with van der Waals surface area (Å²) in [4.78, 5) is 37.5. The van der Waals surface area contributed by atoms with E-state index in [0.717, 1.165) is 96.3 Å². The lowest BCUT2D eigenvalue weighted by Crippen LogP contribution is -2.40. The number of hydrogen-bond donors (Lipinski definition) is 1. The molecular weight excluding hydrogens is 983 g/mol. The van der Waals surface area contributed by atoms with Crippen LogP contribution in [0, 0.1) is 0 Å². The third-order valence-corrected chi connectivity index (χ3v) is 13.5. The third kappa shape index (κ3) is 61.4. The molecule has 0 saturated heterocycles. The van der Waals surface area contributed by atoms with E-state index in [1.165, 1.54) is 128 Å². The van der Waals surface area contributed by atoms with E-state index in [0.29, 0.717) is 23.9 Å². The molecular formula is C70H120NO8+. The monoisotopic (exact) mass is 1100 g/mol. The van der Waals surface area contributed by atoms with Crippen LogP contribution < -0.4 is 0 Å². The Bertz CT molecular complexity index is 1660. The van der Waals surface area contributed by atoms with Crippen LogP contribution in [0.4, 0.5) is 0 Å². The second-order valence-corrected chi connectivity index (χ2v) is 22.3. The Morgan fingerprint density at radius 2 is 0.722 bits per heavy atom. The SMILES string of the molecule is CC/C=C\C/C=C\C/C=C\C/C=C\C/C=C\C/C=C\CCCCCCC(=O)OC(COC(=O)CCCCCCCCCCCCCCCCCC/C=C\C/C=C\C/C=C\CCCCCCC)COC(OCC[N+](C)(C)C)C(=O)O. The fraction of sp³-hybridized carbons (Fsp3) is 0.700. The van der Waals surface area contributed by atoms with Gasteiger partial charge in [-0.25, -0.2) is 4.79 Å². The number of ether oxygens (including phenoxy) is 4. The maximum Gasteiger partial charge on any atom is 0.361 e. The van der Waals surface area contributed by atoms with Gasteiger partial charge < -0.3 is 28.5 Å². The van der Waals surface area contributed by atoms with Gasteiger partial charge in [0.25, 0.3) is 6.29 Å². The average Bonchev–Trinajstić information content (AvgIpc) is 3.42. The van der Waals surface area contributed by atoms with E-state index < -0.39 is 24.3 Å². The summed E-state index contributed by atoms with van der Waals surface area (Å²) in [6.45, 7) is 4.73. The van der Waals surface area contributed by atoms with Crippen LogP contribution >= 0.6 is 0 Å². The molecule has 1 N–H and O–H groups in total. The van der Waals surface area contributed by atoms with Crippen LogP contribution in [0.3, 0.4) is 0 Å². The summed E-state index contributed by atoms with van der Waals surface area (Å²) < 4.78 is 22.9. The first kappa shape index (κ1) is 75.0. The first-order valence-electron chi connectivity index (χ1n) is 32.1. The molecule has 0 heterocycles. The molecule has 0 amide bonds. The van der Waals surface area contributed by atoms with E-state index in [4.69, 9.17) is 18.9 Å². The van der Waals surface area contributed by atoms with Crippen molar-refractivity contribution in [2.24, 2.45) is 0 Å². The zero-order chi connectivity index (χ0) is 57.6. The van der Waals surface area contributed by atoms with Crippen LogP contribution in [-0.2, 0) is 33.3 Å². The molecule has 0 aliphatic heterocycles. The van der Waals surface area contributed by atoms with Gasteiger partial charge in [-0.05, 0) is 103 Å². The van der Waals surface area contributed by atoms with Crippen molar-refractivity contribution in [1.29, 1.82) is 0 Å². The van der Waals surface area contributed by atoms with E-state index in [9.17, 15) is 19.5 Å². The molecule has 9 heteroatoms. The van der Waals surface area contributed by atoms with Gasteiger partial charge >= 0.3 is 17.9 Å². The van der Waals surface area contributed by atoms with Crippen molar-refractivity contribution in [1.82, 2.24) is 0 Å². The molecule has 0 aliphatic rings. The minimum atomic E-state index is -1.52. The summed E-state index contributed by atoms with van der Waals surface area (Å²) >= 11 is 0. The van der Waals surface area contributed by atoms with Gasteiger partial charge in [-0.2, -0.15) is 0 Å². The second kappa shape index (κ2) is 60.1. The zero-order valence-corrected chi connectivity index (χ0v) is 51.5. The Morgan fingerprint density at radius 3 is 1.08 bits per heavy atom. The third-order valence-electron chi connectivity index (χ3n) is 13.5. The number of carboxylic acids is 1. The number of rotatable bonds is 58. The fourth-order valence-corrected chi connectivity index (χ4v) is 8.61. The van der Waals surface area contributed by atoms with Gasteiger partial charge in [-0.15, -0.1) is 0 Å². The molecule has 2 unspecified atom stereocenters. The number of aliphatic carboxylic acids is 1. The number of carbonyl (C=O) groups excluding carboxylic acids is 2. The van der Waals surface area contributed by atoms with Crippen LogP contribution in [0.1, 0.15) is 258 Å². The summed E-state index contributed by atoms with van der Waals surface area (Å²) in [6, 6.07) is 0. The van der Waals surface area contributed by atoms with E-state index in [2.05, 4.69) is 123 Å². The van der Waals surface area contributed by atoms with Crippen LogP contribution in [0.25, 0.3) is 0 Å². The molecule has 0 rings (SSSR count). The first-order valence-corrected chi connectivity index (χ1v) is 32.1. The Morgan fingerprint density at radius 1 is 0.392 bits per heavy atom. The van der Waals surface area contributed by atoms with E-state index in [1.807, 2.05) is 21.1 Å². The first-order chi connectivity index (χ1) is 38.6. The molecule has 2 atom stereocenters. The summed E-state index contributed by atoms with van der Waals surface area (Å²) in [5, 5.41) is 9.72. The van der Waals surface area contributed by atoms with Crippen LogP contribution in [0.15, 0.2) is 109 Å². The van der Waals surface area contributed by atoms with Crippen molar-refractivity contribution in [2.45, 2.75) is 270 Å². The smallest absolute Gasteiger partial charge is 0.361 e. The molecule has 452 valence electrons. The predicted octanol–water partition coefficient (Wildman–Crippen LogP) is 19.5. The number of nitrogens with zero attached hydrogens (tertiary/aromatic N) is 1. The zero-order valence-electron chi connectivity index (χ0n) is 51.5. The van der Waals surface area contributed by atoms with Crippen molar-refractivity contribution in [3.8, 4) is 0 Å². The number of likely N-dealkylation sites (N-methyl/N-ethyl adjacent to an activating group) is 1. The van der Waals surface area contributed by atoms with E-state index >= 15 is 0 Å². The molecule has 79 heavy (non-hydrogen) atoms. The molecule has 0 saturated carbocycles. The van der Waals surface area contributed by atoms with Crippen molar-refractivity contribution in [3.63, 3.8) is 0 Å². The molecule has 0 fully saturated rings. The lowest BCUT2D eigenvalue weighted by Gasteiger charge is -2.25. The van der Waals surface area contributed by atoms with Crippen LogP contribution in [-0.4, -0.2) is 87.4 Å². The van der Waals surface area contributed by atoms with Crippen LogP contribution in [0.5, 0.6) is 0 Å². The standard InChI is InChI=1S/C70H119NO8/c1-6-8-10-12-14-16-18-20-22-24-26-28-30-31-32-33-34-35-36-37-39-40-42-44-46-48-50-52-54-56-58-60-67(72)77-64-66(65-78-70(69(74)75)76-63-62-71(3,4)5)79-68(73)61-59-57-55-53-51-49-47-45-43-41-38-29-27-25-23-21-19-17-15-13-11-9-7-2/h9,11,15,17-18,20-21,23-24,26-27,29-31,41,43,47,49,66,70H,6-8,10,12-14,16,19,22,25,28,32-40,42,44-46,48,50-65H2,1-5H3/p+1/b11-9-,17-15-,20-18-,23-21-,26-24-,29-27-,31-30-,43-41-,49-47-. The van der Waals surface area contributed by atoms with Crippen molar-refractivity contribution in [2.75, 3.05) is 47.5 Å². The Hall–Kier alpha value is -4.05. The molecule has 0 bridgehead atoms. The quantitative estimate of drug-likeness (QED) is 0.0211. The second-order valence-electron chi connectivity index (χ2n) is 22.3. The molecule has 0 radical (unpaired) electrons. The summed E-state index contributed by atoms with van der Waals surface area (Å²) in [7, 11) is 5.96. The fourth-order valence-electron chi connectivity index (χ4n) is 8.61. The van der Waals surface area contributed by atoms with E-state index in [-0.39, 0.29) is 32.2 Å². The molecule has 0 aromatic heterocycles. The van der Waals surface area contributed by atoms with Gasteiger partial charge in [0.2, 0.25) is 0 Å². The highest BCUT2D eigenvalue weighted by molar-refractivity contribution is 5.71. The molecule has 9 nitrogen and oxygen atoms in total. The number of carbonyl (C=O) groups is 3. The van der Waals surface area contributed by atoms with Gasteiger partial charge in [0.15, 0.2) is 6.10 Å². The van der Waals surface area contributed by atoms with Gasteiger partial charge in [-0.3, -0.25) is 9.59 Å². The number of hydrogen-bond acceptors (Lipinski definition) is 7. The van der Waals surface area contributed by atoms with Crippen LogP contribution in [0.2, 0.25) is 0 Å². The maximum atomic E-state index is 12.9. The molecule has 0 aliphatic carbocycles. The van der Waals surface area contributed by atoms with Crippen molar-refractivity contribution < 1.29 is 42.9 Å². The van der Waals surface area contributed by atoms with Gasteiger partial charge in [-0.1, -0.05) is 252 Å². The van der Waals surface area contributed by atoms with Gasteiger partial charge in [0, 0.05) is 12.8 Å².